The van der Waals surface area contributed by atoms with Crippen LogP contribution in [0.1, 0.15) is 105 Å². The Bertz CT molecular complexity index is 875. The molecule has 7 nitrogen and oxygen atoms in total. The van der Waals surface area contributed by atoms with Crippen LogP contribution in [-0.2, 0) is 4.79 Å². The number of azide groups is 1. The molecule has 0 radical (unpaired) electrons. The molecular weight excluding hydrogens is 454 g/mol. The largest absolute Gasteiger partial charge is 0.481 e. The fourth-order valence-electron chi connectivity index (χ4n) is 9.98. The second-order valence-corrected chi connectivity index (χ2v) is 14.1. The van der Waals surface area contributed by atoms with E-state index >= 15 is 0 Å². The van der Waals surface area contributed by atoms with Gasteiger partial charge in [0.1, 0.15) is 0 Å². The molecule has 4 aliphatic rings. The second-order valence-electron chi connectivity index (χ2n) is 14.1. The Hall–Kier alpha value is -1.30. The molecule has 4 aliphatic carbocycles. The van der Waals surface area contributed by atoms with Gasteiger partial charge < -0.3 is 15.3 Å². The molecule has 204 valence electrons. The van der Waals surface area contributed by atoms with E-state index in [1.54, 1.807) is 0 Å². The Morgan fingerprint density at radius 2 is 1.72 bits per heavy atom. The monoisotopic (exact) mass is 503 g/mol. The van der Waals surface area contributed by atoms with Crippen LogP contribution in [0, 0.1) is 52.3 Å². The van der Waals surface area contributed by atoms with Crippen LogP contribution >= 0.6 is 0 Å². The molecule has 0 aromatic carbocycles. The molecule has 4 unspecified atom stereocenters. The van der Waals surface area contributed by atoms with Gasteiger partial charge in [-0.1, -0.05) is 59.0 Å². The van der Waals surface area contributed by atoms with Crippen molar-refractivity contribution in [1.29, 1.82) is 0 Å². The van der Waals surface area contributed by atoms with E-state index in [0.717, 1.165) is 18.8 Å². The van der Waals surface area contributed by atoms with E-state index in [9.17, 15) is 25.6 Å². The van der Waals surface area contributed by atoms with Crippen LogP contribution in [0.5, 0.6) is 0 Å². The first-order chi connectivity index (χ1) is 16.9. The first-order valence-corrected chi connectivity index (χ1v) is 14.5. The maximum absolute atomic E-state index is 11.7. The van der Waals surface area contributed by atoms with Gasteiger partial charge in [-0.05, 0) is 103 Å². The Kier molecular flexibility index (Phi) is 7.79. The fraction of sp³-hybridized carbons (Fsp3) is 0.966. The Morgan fingerprint density at radius 1 is 1.03 bits per heavy atom. The van der Waals surface area contributed by atoms with Crippen LogP contribution in [0.3, 0.4) is 0 Å². The van der Waals surface area contributed by atoms with Gasteiger partial charge in [-0.15, -0.1) is 0 Å². The summed E-state index contributed by atoms with van der Waals surface area (Å²) in [7, 11) is 0. The zero-order chi connectivity index (χ0) is 26.5. The number of aliphatic hydroxyl groups excluding tert-OH is 1. The average Bonchev–Trinajstić information content (AvgIpc) is 3.14. The first kappa shape index (κ1) is 27.7. The molecule has 4 fully saturated rings. The minimum Gasteiger partial charge on any atom is -0.481 e. The molecule has 4 saturated carbocycles. The first-order valence-electron chi connectivity index (χ1n) is 14.5. The van der Waals surface area contributed by atoms with E-state index in [4.69, 9.17) is 0 Å². The molecule has 0 spiro atoms. The summed E-state index contributed by atoms with van der Waals surface area (Å²) in [4.78, 5) is 14.6. The van der Waals surface area contributed by atoms with Crippen molar-refractivity contribution in [2.45, 2.75) is 123 Å². The maximum atomic E-state index is 11.7. The van der Waals surface area contributed by atoms with Gasteiger partial charge in [-0.2, -0.15) is 0 Å². The lowest BCUT2D eigenvalue weighted by Crippen LogP contribution is -2.65. The summed E-state index contributed by atoms with van der Waals surface area (Å²) in [6, 6.07) is -0.509. The van der Waals surface area contributed by atoms with Crippen molar-refractivity contribution in [3.8, 4) is 0 Å². The zero-order valence-corrected chi connectivity index (χ0v) is 23.1. The third kappa shape index (κ3) is 4.69. The van der Waals surface area contributed by atoms with E-state index in [1.165, 1.54) is 32.1 Å². The topological polar surface area (TPSA) is 127 Å². The van der Waals surface area contributed by atoms with Crippen molar-refractivity contribution in [1.82, 2.24) is 0 Å². The lowest BCUT2D eigenvalue weighted by molar-refractivity contribution is -0.201. The lowest BCUT2D eigenvalue weighted by Gasteiger charge is -2.65. The molecule has 0 aliphatic heterocycles. The van der Waals surface area contributed by atoms with E-state index in [2.05, 4.69) is 44.6 Å². The minimum atomic E-state index is -1.31. The molecule has 4 rings (SSSR count). The van der Waals surface area contributed by atoms with Gasteiger partial charge in [0.15, 0.2) is 0 Å². The van der Waals surface area contributed by atoms with E-state index in [-0.39, 0.29) is 35.5 Å². The maximum Gasteiger partial charge on any atom is 0.306 e. The third-order valence-corrected chi connectivity index (χ3v) is 11.8. The number of carbonyl (C=O) groups is 1. The number of hydrogen-bond acceptors (Lipinski definition) is 4. The van der Waals surface area contributed by atoms with Crippen molar-refractivity contribution in [2.75, 3.05) is 0 Å². The number of hydrogen-bond donors (Lipinski definition) is 3. The van der Waals surface area contributed by atoms with Crippen LogP contribution in [-0.4, -0.2) is 39.0 Å². The SMILES string of the molecule is CC(C)CCC[C@@H](C)[C@H]1CC[C@H]2[C@@H]3C(N=[N+]=[N-])C(O)C4CC(O)(CC(=O)O)CC[C@]4(C)[C@H]3CC[C@]12C. The number of aliphatic hydroxyl groups is 2. The highest BCUT2D eigenvalue weighted by molar-refractivity contribution is 5.68. The van der Waals surface area contributed by atoms with Gasteiger partial charge >= 0.3 is 5.97 Å². The van der Waals surface area contributed by atoms with Gasteiger partial charge in [0.05, 0.1) is 24.2 Å². The molecule has 36 heavy (non-hydrogen) atoms. The minimum absolute atomic E-state index is 0.148. The fourth-order valence-corrected chi connectivity index (χ4v) is 9.98. The van der Waals surface area contributed by atoms with Gasteiger partial charge in [-0.3, -0.25) is 4.79 Å². The predicted molar refractivity (Wildman–Crippen MR) is 140 cm³/mol. The van der Waals surface area contributed by atoms with Gasteiger partial charge in [-0.25, -0.2) is 0 Å². The lowest BCUT2D eigenvalue weighted by atomic mass is 9.42. The van der Waals surface area contributed by atoms with Gasteiger partial charge in [0.25, 0.3) is 0 Å². The smallest absolute Gasteiger partial charge is 0.306 e. The number of carboxylic acids is 1. The number of rotatable bonds is 8. The Labute approximate surface area is 217 Å². The molecule has 0 amide bonds. The normalized spacial score (nSPS) is 46.8. The molecule has 7 heteroatoms. The summed E-state index contributed by atoms with van der Waals surface area (Å²) >= 11 is 0. The summed E-state index contributed by atoms with van der Waals surface area (Å²) in [6.07, 6.45) is 8.66. The number of aliphatic carboxylic acids is 1. The predicted octanol–water partition coefficient (Wildman–Crippen LogP) is 6.57. The molecule has 11 atom stereocenters. The Balaban J connectivity index is 1.61. The van der Waals surface area contributed by atoms with Crippen molar-refractivity contribution >= 4 is 5.97 Å². The number of fused-ring (bicyclic) bond motifs is 5. The number of carboxylic acid groups (broad SMARTS) is 1. The Morgan fingerprint density at radius 3 is 2.36 bits per heavy atom. The van der Waals surface area contributed by atoms with Crippen LogP contribution in [0.15, 0.2) is 5.11 Å². The van der Waals surface area contributed by atoms with Crippen LogP contribution in [0.2, 0.25) is 0 Å². The summed E-state index contributed by atoms with van der Waals surface area (Å²) in [6.45, 7) is 11.8. The van der Waals surface area contributed by atoms with Crippen molar-refractivity contribution < 1.29 is 20.1 Å². The molecule has 0 bridgehead atoms. The van der Waals surface area contributed by atoms with Gasteiger partial charge in [0.2, 0.25) is 0 Å². The molecular formula is C29H49N3O4. The number of nitrogens with zero attached hydrogens (tertiary/aromatic N) is 3. The standard InChI is InChI=1S/C29H49N3O4/c1-17(2)7-6-8-18(3)19-9-10-20-24-21(11-12-27(19,20)4)28(5)13-14-29(36,16-23(33)34)15-22(28)26(35)25(24)31-32-30/h17-22,24-26,35-36H,6-16H2,1-5H3,(H,33,34)/t18-,19-,20+,21+,22?,24+,25?,26?,27-,28-,29?/m1/s1. The van der Waals surface area contributed by atoms with E-state index < -0.39 is 23.7 Å². The molecule has 0 aromatic heterocycles. The summed E-state index contributed by atoms with van der Waals surface area (Å²) in [5, 5.41) is 36.4. The summed E-state index contributed by atoms with van der Waals surface area (Å²) < 4.78 is 0. The van der Waals surface area contributed by atoms with Crippen LogP contribution in [0.25, 0.3) is 10.4 Å². The summed E-state index contributed by atoms with van der Waals surface area (Å²) in [5.74, 6) is 1.70. The molecule has 3 N–H and O–H groups in total. The van der Waals surface area contributed by atoms with Crippen molar-refractivity contribution in [3.63, 3.8) is 0 Å². The zero-order valence-electron chi connectivity index (χ0n) is 23.1. The average molecular weight is 504 g/mol. The summed E-state index contributed by atoms with van der Waals surface area (Å²) in [5.41, 5.74) is 8.22. The van der Waals surface area contributed by atoms with Crippen LogP contribution < -0.4 is 0 Å². The van der Waals surface area contributed by atoms with E-state index in [1.807, 2.05) is 0 Å². The third-order valence-electron chi connectivity index (χ3n) is 11.8. The second kappa shape index (κ2) is 10.1. The molecule has 0 saturated heterocycles. The highest BCUT2D eigenvalue weighted by atomic mass is 16.4. The van der Waals surface area contributed by atoms with Crippen molar-refractivity contribution in [3.05, 3.63) is 10.4 Å². The highest BCUT2D eigenvalue weighted by Crippen LogP contribution is 2.69. The quantitative estimate of drug-likeness (QED) is 0.196. The van der Waals surface area contributed by atoms with Gasteiger partial charge in [0, 0.05) is 4.91 Å². The van der Waals surface area contributed by atoms with Crippen molar-refractivity contribution in [2.24, 2.45) is 57.4 Å². The molecule has 0 aromatic rings. The van der Waals surface area contributed by atoms with Crippen LogP contribution in [0.4, 0.5) is 0 Å². The highest BCUT2D eigenvalue weighted by Gasteiger charge is 2.66. The molecule has 0 heterocycles. The van der Waals surface area contributed by atoms with E-state index in [0.29, 0.717) is 36.5 Å².